The van der Waals surface area contributed by atoms with Gasteiger partial charge in [-0.1, -0.05) is 13.3 Å². The van der Waals surface area contributed by atoms with Crippen LogP contribution in [-0.4, -0.2) is 26.0 Å². The van der Waals surface area contributed by atoms with Crippen LogP contribution in [-0.2, 0) is 17.8 Å². The van der Waals surface area contributed by atoms with E-state index in [-0.39, 0.29) is 5.60 Å². The normalized spacial score (nSPS) is 16.5. The van der Waals surface area contributed by atoms with Gasteiger partial charge in [0.1, 0.15) is 17.4 Å². The maximum absolute atomic E-state index is 9.74. The number of nitrogens with zero attached hydrogens (tertiary/aromatic N) is 4. The Morgan fingerprint density at radius 2 is 2.27 bits per heavy atom. The van der Waals surface area contributed by atoms with Gasteiger partial charge in [-0.3, -0.25) is 4.40 Å². The molecule has 3 heterocycles. The molecule has 0 saturated carbocycles. The first-order chi connectivity index (χ1) is 10.6. The molecule has 2 aromatic rings. The Morgan fingerprint density at radius 1 is 1.45 bits per heavy atom. The summed E-state index contributed by atoms with van der Waals surface area (Å²) < 4.78 is 7.85. The van der Waals surface area contributed by atoms with Crippen molar-refractivity contribution < 1.29 is 4.74 Å². The lowest BCUT2D eigenvalue weighted by atomic mass is 9.90. The van der Waals surface area contributed by atoms with Gasteiger partial charge in [0.25, 0.3) is 0 Å². The lowest BCUT2D eigenvalue weighted by Gasteiger charge is -2.33. The molecule has 5 nitrogen and oxygen atoms in total. The summed E-state index contributed by atoms with van der Waals surface area (Å²) in [6.45, 7) is 6.79. The third kappa shape index (κ3) is 2.59. The summed E-state index contributed by atoms with van der Waals surface area (Å²) >= 11 is 1.72. The van der Waals surface area contributed by atoms with Crippen molar-refractivity contribution in [2.24, 2.45) is 0 Å². The maximum Gasteiger partial charge on any atom is 0.167 e. The number of thioether (sulfide) groups is 1. The minimum atomic E-state index is -0.248. The molecule has 1 aliphatic heterocycles. The molecule has 0 aromatic carbocycles. The highest BCUT2D eigenvalue weighted by molar-refractivity contribution is 7.99. The van der Waals surface area contributed by atoms with E-state index in [0.717, 1.165) is 52.4 Å². The molecule has 0 N–H and O–H groups in total. The third-order valence-corrected chi connectivity index (χ3v) is 5.14. The minimum Gasteiger partial charge on any atom is -0.370 e. The second kappa shape index (κ2) is 5.90. The largest absolute Gasteiger partial charge is 0.370 e. The first-order valence-corrected chi connectivity index (χ1v) is 8.60. The van der Waals surface area contributed by atoms with Crippen molar-refractivity contribution in [3.8, 4) is 6.07 Å². The van der Waals surface area contributed by atoms with Gasteiger partial charge < -0.3 is 4.74 Å². The summed E-state index contributed by atoms with van der Waals surface area (Å²) in [6, 6.07) is 2.42. The zero-order chi connectivity index (χ0) is 15.7. The number of pyridine rings is 1. The van der Waals surface area contributed by atoms with E-state index in [1.807, 2.05) is 4.40 Å². The van der Waals surface area contributed by atoms with Gasteiger partial charge in [0.05, 0.1) is 17.8 Å². The van der Waals surface area contributed by atoms with Crippen LogP contribution in [0.5, 0.6) is 0 Å². The third-order valence-electron chi connectivity index (χ3n) is 3.97. The van der Waals surface area contributed by atoms with E-state index in [9.17, 15) is 5.26 Å². The number of ether oxygens (including phenoxy) is 1. The molecule has 0 unspecified atom stereocenters. The number of unbranched alkanes of at least 4 members (excludes halogenated alkanes) is 1. The Bertz CT molecular complexity index is 745. The number of rotatable bonds is 4. The summed E-state index contributed by atoms with van der Waals surface area (Å²) in [5, 5.41) is 19.0. The van der Waals surface area contributed by atoms with Gasteiger partial charge >= 0.3 is 0 Å². The molecule has 0 radical (unpaired) electrons. The van der Waals surface area contributed by atoms with Crippen LogP contribution in [0.1, 0.15) is 50.3 Å². The molecular formula is C16H20N4OS. The van der Waals surface area contributed by atoms with Crippen molar-refractivity contribution in [3.05, 3.63) is 23.0 Å². The monoisotopic (exact) mass is 316 g/mol. The predicted molar refractivity (Wildman–Crippen MR) is 85.9 cm³/mol. The van der Waals surface area contributed by atoms with Crippen molar-refractivity contribution in [1.29, 1.82) is 5.26 Å². The van der Waals surface area contributed by atoms with E-state index in [0.29, 0.717) is 6.61 Å². The van der Waals surface area contributed by atoms with Crippen LogP contribution in [0.3, 0.4) is 0 Å². The lowest BCUT2D eigenvalue weighted by Crippen LogP contribution is -2.33. The Morgan fingerprint density at radius 3 is 3.00 bits per heavy atom. The number of fused-ring (bicyclic) bond motifs is 3. The predicted octanol–water partition coefficient (Wildman–Crippen LogP) is 3.34. The van der Waals surface area contributed by atoms with Gasteiger partial charge in [0, 0.05) is 12.0 Å². The average Bonchev–Trinajstić information content (AvgIpc) is 2.95. The van der Waals surface area contributed by atoms with Crippen LogP contribution in [0.25, 0.3) is 5.65 Å². The summed E-state index contributed by atoms with van der Waals surface area (Å²) in [6.07, 6.45) is 4.71. The van der Waals surface area contributed by atoms with Crippen LogP contribution >= 0.6 is 11.8 Å². The molecule has 22 heavy (non-hydrogen) atoms. The van der Waals surface area contributed by atoms with Crippen molar-refractivity contribution in [1.82, 2.24) is 14.6 Å². The van der Waals surface area contributed by atoms with Gasteiger partial charge in [-0.25, -0.2) is 0 Å². The molecule has 1 aliphatic rings. The summed E-state index contributed by atoms with van der Waals surface area (Å²) in [7, 11) is 0. The van der Waals surface area contributed by atoms with Gasteiger partial charge in [-0.05, 0) is 31.6 Å². The first-order valence-electron chi connectivity index (χ1n) is 7.61. The van der Waals surface area contributed by atoms with E-state index < -0.39 is 0 Å². The Hall–Kier alpha value is -1.58. The van der Waals surface area contributed by atoms with Crippen molar-refractivity contribution in [2.75, 3.05) is 5.75 Å². The van der Waals surface area contributed by atoms with E-state index in [2.05, 4.69) is 37.0 Å². The Balaban J connectivity index is 2.17. The molecule has 0 bridgehead atoms. The fourth-order valence-corrected chi connectivity index (χ4v) is 4.00. The van der Waals surface area contributed by atoms with Crippen LogP contribution in [0.15, 0.2) is 11.4 Å². The second-order valence-electron chi connectivity index (χ2n) is 6.20. The van der Waals surface area contributed by atoms with Crippen molar-refractivity contribution >= 4 is 17.4 Å². The van der Waals surface area contributed by atoms with Crippen LogP contribution in [0, 0.1) is 11.3 Å². The molecule has 0 amide bonds. The van der Waals surface area contributed by atoms with Gasteiger partial charge in [0.15, 0.2) is 5.65 Å². The molecule has 0 fully saturated rings. The minimum absolute atomic E-state index is 0.248. The van der Waals surface area contributed by atoms with E-state index in [1.54, 1.807) is 18.1 Å². The standard InChI is InChI=1S/C16H20N4OS/c1-4-5-6-22-15-12(8-17)11-7-16(2,3)21-9-13(11)14-19-18-10-20(14)15/h10H,4-7,9H2,1-3H3. The zero-order valence-electron chi connectivity index (χ0n) is 13.2. The molecule has 3 rings (SSSR count). The molecule has 116 valence electrons. The Labute approximate surface area is 134 Å². The topological polar surface area (TPSA) is 63.2 Å². The molecule has 6 heteroatoms. The highest BCUT2D eigenvalue weighted by atomic mass is 32.2. The smallest absolute Gasteiger partial charge is 0.167 e. The van der Waals surface area contributed by atoms with Gasteiger partial charge in [-0.2, -0.15) is 5.26 Å². The van der Waals surface area contributed by atoms with E-state index in [1.165, 1.54) is 0 Å². The molecular weight excluding hydrogens is 296 g/mol. The summed E-state index contributed by atoms with van der Waals surface area (Å²) in [5.74, 6) is 0.997. The van der Waals surface area contributed by atoms with Crippen molar-refractivity contribution in [3.63, 3.8) is 0 Å². The second-order valence-corrected chi connectivity index (χ2v) is 7.28. The maximum atomic E-state index is 9.74. The number of aromatic nitrogens is 3. The highest BCUT2D eigenvalue weighted by Gasteiger charge is 2.32. The number of nitriles is 1. The average molecular weight is 316 g/mol. The quantitative estimate of drug-likeness (QED) is 0.639. The van der Waals surface area contributed by atoms with E-state index in [4.69, 9.17) is 4.74 Å². The molecule has 2 aromatic heterocycles. The van der Waals surface area contributed by atoms with Crippen LogP contribution in [0.2, 0.25) is 0 Å². The Kier molecular flexibility index (Phi) is 4.11. The zero-order valence-corrected chi connectivity index (χ0v) is 14.0. The molecule has 0 spiro atoms. The first kappa shape index (κ1) is 15.3. The summed E-state index contributed by atoms with van der Waals surface area (Å²) in [5.41, 5.74) is 3.43. The van der Waals surface area contributed by atoms with Gasteiger partial charge in [-0.15, -0.1) is 22.0 Å². The molecule has 0 saturated heterocycles. The van der Waals surface area contributed by atoms with Crippen LogP contribution < -0.4 is 0 Å². The van der Waals surface area contributed by atoms with Gasteiger partial charge in [0.2, 0.25) is 0 Å². The number of hydrogen-bond acceptors (Lipinski definition) is 5. The van der Waals surface area contributed by atoms with Crippen LogP contribution in [0.4, 0.5) is 0 Å². The van der Waals surface area contributed by atoms with Crippen molar-refractivity contribution in [2.45, 2.75) is 57.3 Å². The fourth-order valence-electron chi connectivity index (χ4n) is 2.79. The SMILES string of the molecule is CCCCSc1c(C#N)c2c(c3nncn13)COC(C)(C)C2. The molecule has 0 atom stereocenters. The van der Waals surface area contributed by atoms with E-state index >= 15 is 0 Å². The highest BCUT2D eigenvalue weighted by Crippen LogP contribution is 2.36. The fraction of sp³-hybridized carbons (Fsp3) is 0.562. The summed E-state index contributed by atoms with van der Waals surface area (Å²) in [4.78, 5) is 0. The molecule has 0 aliphatic carbocycles. The number of hydrogen-bond donors (Lipinski definition) is 0. The lowest BCUT2D eigenvalue weighted by molar-refractivity contribution is -0.0398.